The van der Waals surface area contributed by atoms with E-state index in [9.17, 15) is 13.2 Å². The SMILES string of the molecule is FC(F)(F)c1ccc(COc2ccccc2CBr)cc1. The molecule has 0 unspecified atom stereocenters. The number of rotatable bonds is 4. The van der Waals surface area contributed by atoms with E-state index in [1.165, 1.54) is 12.1 Å². The second-order valence-corrected chi connectivity index (χ2v) is 4.79. The molecule has 2 aromatic carbocycles. The molecule has 0 bridgehead atoms. The number of para-hydroxylation sites is 1. The molecular weight excluding hydrogens is 333 g/mol. The Bertz CT molecular complexity index is 564. The van der Waals surface area contributed by atoms with Gasteiger partial charge in [0.15, 0.2) is 0 Å². The molecule has 0 fully saturated rings. The average molecular weight is 345 g/mol. The van der Waals surface area contributed by atoms with Crippen LogP contribution in [0.15, 0.2) is 48.5 Å². The third kappa shape index (κ3) is 3.76. The molecule has 0 aliphatic rings. The lowest BCUT2D eigenvalue weighted by Gasteiger charge is -2.11. The van der Waals surface area contributed by atoms with Gasteiger partial charge < -0.3 is 4.74 Å². The first-order valence-electron chi connectivity index (χ1n) is 5.93. The van der Waals surface area contributed by atoms with Gasteiger partial charge >= 0.3 is 6.18 Å². The van der Waals surface area contributed by atoms with Gasteiger partial charge in [-0.25, -0.2) is 0 Å². The second kappa shape index (κ2) is 6.31. The molecule has 0 aliphatic carbocycles. The van der Waals surface area contributed by atoms with E-state index in [1.807, 2.05) is 24.3 Å². The number of ether oxygens (including phenoxy) is 1. The Morgan fingerprint density at radius 2 is 1.60 bits per heavy atom. The Kier molecular flexibility index (Phi) is 4.70. The van der Waals surface area contributed by atoms with Gasteiger partial charge in [-0.1, -0.05) is 46.3 Å². The molecule has 0 amide bonds. The predicted molar refractivity (Wildman–Crippen MR) is 74.8 cm³/mol. The Hall–Kier alpha value is -1.49. The standard InChI is InChI=1S/C15H12BrF3O/c16-9-12-3-1-2-4-14(12)20-10-11-5-7-13(8-6-11)15(17,18)19/h1-8H,9-10H2. The second-order valence-electron chi connectivity index (χ2n) is 4.22. The van der Waals surface area contributed by atoms with Gasteiger partial charge in [-0.3, -0.25) is 0 Å². The van der Waals surface area contributed by atoms with Crippen LogP contribution in [0.4, 0.5) is 13.2 Å². The lowest BCUT2D eigenvalue weighted by atomic mass is 10.1. The maximum Gasteiger partial charge on any atom is 0.416 e. The minimum absolute atomic E-state index is 0.238. The molecule has 0 spiro atoms. The number of alkyl halides is 4. The first-order valence-corrected chi connectivity index (χ1v) is 7.05. The van der Waals surface area contributed by atoms with E-state index in [0.29, 0.717) is 10.9 Å². The molecule has 0 heterocycles. The zero-order valence-electron chi connectivity index (χ0n) is 10.5. The summed E-state index contributed by atoms with van der Waals surface area (Å²) in [6, 6.07) is 12.5. The van der Waals surface area contributed by atoms with Crippen LogP contribution >= 0.6 is 15.9 Å². The molecule has 0 aromatic heterocycles. The minimum Gasteiger partial charge on any atom is -0.489 e. The van der Waals surface area contributed by atoms with E-state index in [0.717, 1.165) is 23.4 Å². The Labute approximate surface area is 123 Å². The molecule has 20 heavy (non-hydrogen) atoms. The first-order chi connectivity index (χ1) is 9.50. The third-order valence-electron chi connectivity index (χ3n) is 2.79. The molecule has 0 radical (unpaired) electrons. The molecule has 5 heteroatoms. The van der Waals surface area contributed by atoms with Crippen molar-refractivity contribution >= 4 is 15.9 Å². The van der Waals surface area contributed by atoms with Crippen molar-refractivity contribution in [2.75, 3.05) is 0 Å². The van der Waals surface area contributed by atoms with Crippen molar-refractivity contribution in [2.24, 2.45) is 0 Å². The van der Waals surface area contributed by atoms with Crippen molar-refractivity contribution < 1.29 is 17.9 Å². The summed E-state index contributed by atoms with van der Waals surface area (Å²) < 4.78 is 42.9. The van der Waals surface area contributed by atoms with Crippen molar-refractivity contribution in [2.45, 2.75) is 18.1 Å². The van der Waals surface area contributed by atoms with Crippen molar-refractivity contribution in [3.05, 3.63) is 65.2 Å². The number of halogens is 4. The third-order valence-corrected chi connectivity index (χ3v) is 3.40. The Morgan fingerprint density at radius 1 is 0.950 bits per heavy atom. The van der Waals surface area contributed by atoms with Crippen LogP contribution in [-0.2, 0) is 18.1 Å². The summed E-state index contributed by atoms with van der Waals surface area (Å²) in [5, 5.41) is 0.663. The molecule has 0 atom stereocenters. The molecule has 2 aromatic rings. The topological polar surface area (TPSA) is 9.23 Å². The lowest BCUT2D eigenvalue weighted by Crippen LogP contribution is -2.05. The summed E-state index contributed by atoms with van der Waals surface area (Å²) in [4.78, 5) is 0. The van der Waals surface area contributed by atoms with Gasteiger partial charge in [-0.05, 0) is 23.8 Å². The summed E-state index contributed by atoms with van der Waals surface area (Å²) in [7, 11) is 0. The van der Waals surface area contributed by atoms with Crippen LogP contribution in [0.5, 0.6) is 5.75 Å². The van der Waals surface area contributed by atoms with Gasteiger partial charge in [0.2, 0.25) is 0 Å². The van der Waals surface area contributed by atoms with E-state index in [-0.39, 0.29) is 6.61 Å². The first kappa shape index (κ1) is 14.9. The molecule has 0 N–H and O–H groups in total. The number of hydrogen-bond donors (Lipinski definition) is 0. The van der Waals surface area contributed by atoms with E-state index in [1.54, 1.807) is 0 Å². The molecule has 0 saturated heterocycles. The largest absolute Gasteiger partial charge is 0.489 e. The normalized spacial score (nSPS) is 11.4. The van der Waals surface area contributed by atoms with Crippen molar-refractivity contribution in [1.82, 2.24) is 0 Å². The van der Waals surface area contributed by atoms with Crippen LogP contribution in [0.1, 0.15) is 16.7 Å². The Balaban J connectivity index is 2.04. The molecule has 0 saturated carbocycles. The van der Waals surface area contributed by atoms with Gasteiger partial charge in [-0.2, -0.15) is 13.2 Å². The average Bonchev–Trinajstić information content (AvgIpc) is 2.45. The van der Waals surface area contributed by atoms with Crippen molar-refractivity contribution in [3.8, 4) is 5.75 Å². The van der Waals surface area contributed by atoms with Gasteiger partial charge in [0.25, 0.3) is 0 Å². The van der Waals surface area contributed by atoms with E-state index in [4.69, 9.17) is 4.74 Å². The Morgan fingerprint density at radius 3 is 2.20 bits per heavy atom. The van der Waals surface area contributed by atoms with Gasteiger partial charge in [0, 0.05) is 10.9 Å². The zero-order chi connectivity index (χ0) is 14.6. The van der Waals surface area contributed by atoms with E-state index in [2.05, 4.69) is 15.9 Å². The van der Waals surface area contributed by atoms with E-state index >= 15 is 0 Å². The van der Waals surface area contributed by atoms with Crippen LogP contribution in [-0.4, -0.2) is 0 Å². The van der Waals surface area contributed by atoms with Gasteiger partial charge in [0.05, 0.1) is 5.56 Å². The number of hydrogen-bond acceptors (Lipinski definition) is 1. The maximum absolute atomic E-state index is 12.4. The quantitative estimate of drug-likeness (QED) is 0.694. The molecule has 2 rings (SSSR count). The minimum atomic E-state index is -4.30. The lowest BCUT2D eigenvalue weighted by molar-refractivity contribution is -0.137. The van der Waals surface area contributed by atoms with Crippen molar-refractivity contribution in [1.29, 1.82) is 0 Å². The molecule has 0 aliphatic heterocycles. The fourth-order valence-corrected chi connectivity index (χ4v) is 2.17. The highest BCUT2D eigenvalue weighted by Crippen LogP contribution is 2.29. The number of benzene rings is 2. The van der Waals surface area contributed by atoms with Gasteiger partial charge in [0.1, 0.15) is 12.4 Å². The van der Waals surface area contributed by atoms with Crippen LogP contribution < -0.4 is 4.74 Å². The van der Waals surface area contributed by atoms with Crippen LogP contribution in [0.3, 0.4) is 0 Å². The van der Waals surface area contributed by atoms with Crippen LogP contribution in [0, 0.1) is 0 Å². The van der Waals surface area contributed by atoms with Crippen LogP contribution in [0.2, 0.25) is 0 Å². The fraction of sp³-hybridized carbons (Fsp3) is 0.200. The monoisotopic (exact) mass is 344 g/mol. The summed E-state index contributed by atoms with van der Waals surface area (Å²) in [5.74, 6) is 0.726. The highest BCUT2D eigenvalue weighted by atomic mass is 79.9. The highest BCUT2D eigenvalue weighted by molar-refractivity contribution is 9.08. The summed E-state index contributed by atoms with van der Waals surface area (Å²) in [6.07, 6.45) is -4.30. The summed E-state index contributed by atoms with van der Waals surface area (Å²) >= 11 is 3.36. The molecular formula is C15H12BrF3O. The van der Waals surface area contributed by atoms with E-state index < -0.39 is 11.7 Å². The van der Waals surface area contributed by atoms with Gasteiger partial charge in [-0.15, -0.1) is 0 Å². The fourth-order valence-electron chi connectivity index (χ4n) is 1.71. The smallest absolute Gasteiger partial charge is 0.416 e. The molecule has 1 nitrogen and oxygen atoms in total. The highest BCUT2D eigenvalue weighted by Gasteiger charge is 2.29. The summed E-state index contributed by atoms with van der Waals surface area (Å²) in [5.41, 5.74) is 1.05. The maximum atomic E-state index is 12.4. The zero-order valence-corrected chi connectivity index (χ0v) is 12.0. The van der Waals surface area contributed by atoms with Crippen LogP contribution in [0.25, 0.3) is 0 Å². The predicted octanol–water partition coefficient (Wildman–Crippen LogP) is 5.18. The summed E-state index contributed by atoms with van der Waals surface area (Å²) in [6.45, 7) is 0.238. The molecule has 106 valence electrons. The van der Waals surface area contributed by atoms with Crippen molar-refractivity contribution in [3.63, 3.8) is 0 Å².